The fraction of sp³-hybridized carbons (Fsp3) is 1.00. The second kappa shape index (κ2) is 5.50. The van der Waals surface area contributed by atoms with Crippen molar-refractivity contribution in [2.75, 3.05) is 13.7 Å². The lowest BCUT2D eigenvalue weighted by molar-refractivity contribution is -0.0405. The maximum atomic E-state index is 11.8. The third kappa shape index (κ3) is 4.00. The van der Waals surface area contributed by atoms with Crippen LogP contribution in [0.2, 0.25) is 0 Å². The first kappa shape index (κ1) is 10.9. The molecule has 0 aromatic heterocycles. The standard InChI is InChI=1S/C9H17F2NO/c1-12-7-3-2-4-8(5-7)13-6-9(10)11/h7-9,12H,2-6H2,1H3. The van der Waals surface area contributed by atoms with E-state index in [0.717, 1.165) is 25.7 Å². The van der Waals surface area contributed by atoms with Crippen LogP contribution in [0.5, 0.6) is 0 Å². The normalized spacial score (nSPS) is 29.5. The zero-order chi connectivity index (χ0) is 9.68. The lowest BCUT2D eigenvalue weighted by atomic mass is 9.93. The van der Waals surface area contributed by atoms with Gasteiger partial charge in [-0.25, -0.2) is 8.78 Å². The fourth-order valence-electron chi connectivity index (χ4n) is 1.77. The predicted octanol–water partition coefficient (Wildman–Crippen LogP) is 1.80. The summed E-state index contributed by atoms with van der Waals surface area (Å²) in [6.07, 6.45) is 1.67. The SMILES string of the molecule is CNC1CCCC(OCC(F)F)C1. The smallest absolute Gasteiger partial charge is 0.261 e. The molecule has 1 aliphatic rings. The van der Waals surface area contributed by atoms with Crippen LogP contribution in [-0.4, -0.2) is 32.2 Å². The van der Waals surface area contributed by atoms with Crippen LogP contribution < -0.4 is 5.32 Å². The lowest BCUT2D eigenvalue weighted by Crippen LogP contribution is -2.35. The Morgan fingerprint density at radius 2 is 2.23 bits per heavy atom. The molecule has 1 fully saturated rings. The third-order valence-electron chi connectivity index (χ3n) is 2.49. The van der Waals surface area contributed by atoms with E-state index in [2.05, 4.69) is 5.32 Å². The summed E-state index contributed by atoms with van der Waals surface area (Å²) in [7, 11) is 1.90. The predicted molar refractivity (Wildman–Crippen MR) is 47.1 cm³/mol. The van der Waals surface area contributed by atoms with Gasteiger partial charge >= 0.3 is 0 Å². The maximum absolute atomic E-state index is 11.8. The Morgan fingerprint density at radius 1 is 1.46 bits per heavy atom. The number of hydrogen-bond acceptors (Lipinski definition) is 2. The summed E-state index contributed by atoms with van der Waals surface area (Å²) >= 11 is 0. The summed E-state index contributed by atoms with van der Waals surface area (Å²) < 4.78 is 28.7. The topological polar surface area (TPSA) is 21.3 Å². The molecule has 0 amide bonds. The van der Waals surface area contributed by atoms with Crippen molar-refractivity contribution in [2.24, 2.45) is 0 Å². The van der Waals surface area contributed by atoms with Gasteiger partial charge in [-0.15, -0.1) is 0 Å². The van der Waals surface area contributed by atoms with Gasteiger partial charge in [0.05, 0.1) is 6.10 Å². The molecule has 0 heterocycles. The van der Waals surface area contributed by atoms with Gasteiger partial charge in [0.2, 0.25) is 0 Å². The monoisotopic (exact) mass is 193 g/mol. The van der Waals surface area contributed by atoms with Crippen LogP contribution in [0.3, 0.4) is 0 Å². The quantitative estimate of drug-likeness (QED) is 0.735. The van der Waals surface area contributed by atoms with Gasteiger partial charge in [-0.2, -0.15) is 0 Å². The van der Waals surface area contributed by atoms with Crippen LogP contribution in [0.15, 0.2) is 0 Å². The summed E-state index contributed by atoms with van der Waals surface area (Å²) in [5, 5.41) is 3.15. The zero-order valence-corrected chi connectivity index (χ0v) is 7.93. The Balaban J connectivity index is 2.18. The Morgan fingerprint density at radius 3 is 2.85 bits per heavy atom. The molecular weight excluding hydrogens is 176 g/mol. The highest BCUT2D eigenvalue weighted by atomic mass is 19.3. The third-order valence-corrected chi connectivity index (χ3v) is 2.49. The van der Waals surface area contributed by atoms with Crippen molar-refractivity contribution in [3.63, 3.8) is 0 Å². The van der Waals surface area contributed by atoms with E-state index in [9.17, 15) is 8.78 Å². The van der Waals surface area contributed by atoms with Gasteiger partial charge in [0.1, 0.15) is 6.61 Å². The minimum atomic E-state index is -2.34. The van der Waals surface area contributed by atoms with Crippen LogP contribution in [0.25, 0.3) is 0 Å². The van der Waals surface area contributed by atoms with E-state index in [4.69, 9.17) is 4.74 Å². The summed E-state index contributed by atoms with van der Waals surface area (Å²) in [5.41, 5.74) is 0. The molecule has 0 spiro atoms. The number of alkyl halides is 2. The average Bonchev–Trinajstić information content (AvgIpc) is 2.15. The molecule has 1 rings (SSSR count). The molecule has 4 heteroatoms. The second-order valence-electron chi connectivity index (χ2n) is 3.50. The summed E-state index contributed by atoms with van der Waals surface area (Å²) in [5.74, 6) is 0. The van der Waals surface area contributed by atoms with Crippen molar-refractivity contribution >= 4 is 0 Å². The fourth-order valence-corrected chi connectivity index (χ4v) is 1.77. The van der Waals surface area contributed by atoms with E-state index < -0.39 is 13.0 Å². The van der Waals surface area contributed by atoms with E-state index >= 15 is 0 Å². The molecule has 0 saturated heterocycles. The Bertz CT molecular complexity index is 144. The first-order valence-corrected chi connectivity index (χ1v) is 4.79. The molecule has 0 aromatic rings. The van der Waals surface area contributed by atoms with E-state index in [1.54, 1.807) is 0 Å². The molecule has 0 bridgehead atoms. The van der Waals surface area contributed by atoms with Gasteiger partial charge < -0.3 is 10.1 Å². The number of hydrogen-bond donors (Lipinski definition) is 1. The van der Waals surface area contributed by atoms with E-state index in [0.29, 0.717) is 6.04 Å². The van der Waals surface area contributed by atoms with E-state index in [1.165, 1.54) is 0 Å². The molecule has 1 N–H and O–H groups in total. The highest BCUT2D eigenvalue weighted by Gasteiger charge is 2.21. The van der Waals surface area contributed by atoms with Gasteiger partial charge in [0.15, 0.2) is 0 Å². The number of nitrogens with one attached hydrogen (secondary N) is 1. The van der Waals surface area contributed by atoms with Gasteiger partial charge in [-0.1, -0.05) is 0 Å². The highest BCUT2D eigenvalue weighted by Crippen LogP contribution is 2.21. The number of halogens is 2. The molecule has 2 unspecified atom stereocenters. The minimum Gasteiger partial charge on any atom is -0.372 e. The van der Waals surface area contributed by atoms with Crippen LogP contribution in [-0.2, 0) is 4.74 Å². The van der Waals surface area contributed by atoms with Gasteiger partial charge in [-0.05, 0) is 32.7 Å². The maximum Gasteiger partial charge on any atom is 0.261 e. The number of ether oxygens (including phenoxy) is 1. The molecule has 2 nitrogen and oxygen atoms in total. The molecule has 2 atom stereocenters. The summed E-state index contributed by atoms with van der Waals surface area (Å²) in [6.45, 7) is -0.416. The van der Waals surface area contributed by atoms with Crippen LogP contribution in [0.1, 0.15) is 25.7 Å². The van der Waals surface area contributed by atoms with Crippen molar-refractivity contribution in [3.8, 4) is 0 Å². The Kier molecular flexibility index (Phi) is 4.59. The molecule has 0 aromatic carbocycles. The summed E-state index contributed by atoms with van der Waals surface area (Å²) in [6, 6.07) is 0.441. The largest absolute Gasteiger partial charge is 0.372 e. The van der Waals surface area contributed by atoms with Crippen molar-refractivity contribution < 1.29 is 13.5 Å². The summed E-state index contributed by atoms with van der Waals surface area (Å²) in [4.78, 5) is 0. The Labute approximate surface area is 77.6 Å². The van der Waals surface area contributed by atoms with E-state index in [1.807, 2.05) is 7.05 Å². The van der Waals surface area contributed by atoms with Crippen LogP contribution in [0.4, 0.5) is 8.78 Å². The minimum absolute atomic E-state index is 0.0280. The van der Waals surface area contributed by atoms with Crippen molar-refractivity contribution in [1.29, 1.82) is 0 Å². The lowest BCUT2D eigenvalue weighted by Gasteiger charge is -2.28. The van der Waals surface area contributed by atoms with Crippen LogP contribution >= 0.6 is 0 Å². The van der Waals surface area contributed by atoms with Crippen molar-refractivity contribution in [3.05, 3.63) is 0 Å². The van der Waals surface area contributed by atoms with Gasteiger partial charge in [0.25, 0.3) is 6.43 Å². The Hall–Kier alpha value is -0.220. The van der Waals surface area contributed by atoms with E-state index in [-0.39, 0.29) is 6.10 Å². The first-order valence-electron chi connectivity index (χ1n) is 4.79. The van der Waals surface area contributed by atoms with Gasteiger partial charge in [-0.3, -0.25) is 0 Å². The second-order valence-corrected chi connectivity index (χ2v) is 3.50. The van der Waals surface area contributed by atoms with Crippen molar-refractivity contribution in [2.45, 2.75) is 44.3 Å². The molecule has 0 radical (unpaired) electrons. The molecule has 78 valence electrons. The average molecular weight is 193 g/mol. The molecule has 13 heavy (non-hydrogen) atoms. The molecule has 0 aliphatic heterocycles. The molecular formula is C9H17F2NO. The highest BCUT2D eigenvalue weighted by molar-refractivity contribution is 4.77. The molecule has 1 saturated carbocycles. The molecule has 1 aliphatic carbocycles. The van der Waals surface area contributed by atoms with Gasteiger partial charge in [0, 0.05) is 6.04 Å². The zero-order valence-electron chi connectivity index (χ0n) is 7.93. The number of rotatable bonds is 4. The van der Waals surface area contributed by atoms with Crippen LogP contribution in [0, 0.1) is 0 Å². The van der Waals surface area contributed by atoms with Crippen molar-refractivity contribution in [1.82, 2.24) is 5.32 Å². The first-order chi connectivity index (χ1) is 6.22.